The molecule has 6 heteroatoms. The van der Waals surface area contributed by atoms with Crippen LogP contribution in [-0.4, -0.2) is 18.4 Å². The van der Waals surface area contributed by atoms with Crippen molar-refractivity contribution in [2.45, 2.75) is 19.8 Å². The number of aryl methyl sites for hydroxylation is 1. The molecule has 24 heavy (non-hydrogen) atoms. The molecule has 2 aromatic rings. The Hall–Kier alpha value is -2.40. The maximum atomic E-state index is 14.0. The minimum Gasteiger partial charge on any atom is -0.319 e. The summed E-state index contributed by atoms with van der Waals surface area (Å²) in [7, 11) is 0. The first-order valence-corrected chi connectivity index (χ1v) is 8.01. The van der Waals surface area contributed by atoms with Crippen LogP contribution in [0.3, 0.4) is 0 Å². The lowest BCUT2D eigenvalue weighted by Gasteiger charge is -2.20. The Morgan fingerprint density at radius 2 is 2.04 bits per heavy atom. The number of carbonyl (C=O) groups is 2. The maximum Gasteiger partial charge on any atom is 0.257 e. The lowest BCUT2D eigenvalue weighted by atomic mass is 10.1. The number of nitrogens with one attached hydrogen (secondary N) is 1. The van der Waals surface area contributed by atoms with Crippen molar-refractivity contribution in [2.24, 2.45) is 0 Å². The van der Waals surface area contributed by atoms with Gasteiger partial charge in [0.15, 0.2) is 0 Å². The third kappa shape index (κ3) is 3.26. The molecule has 2 aromatic carbocycles. The van der Waals surface area contributed by atoms with Crippen LogP contribution < -0.4 is 10.2 Å². The van der Waals surface area contributed by atoms with E-state index in [1.165, 1.54) is 12.1 Å². The van der Waals surface area contributed by atoms with Crippen LogP contribution in [0.5, 0.6) is 0 Å². The van der Waals surface area contributed by atoms with Gasteiger partial charge in [0.2, 0.25) is 5.91 Å². The van der Waals surface area contributed by atoms with Gasteiger partial charge in [-0.2, -0.15) is 0 Å². The predicted molar refractivity (Wildman–Crippen MR) is 92.1 cm³/mol. The lowest BCUT2D eigenvalue weighted by molar-refractivity contribution is -0.117. The molecule has 0 spiro atoms. The van der Waals surface area contributed by atoms with E-state index in [0.717, 1.165) is 12.0 Å². The monoisotopic (exact) mass is 346 g/mol. The number of benzene rings is 2. The van der Waals surface area contributed by atoms with Crippen LogP contribution >= 0.6 is 11.6 Å². The zero-order valence-electron chi connectivity index (χ0n) is 13.1. The number of halogens is 2. The van der Waals surface area contributed by atoms with Crippen LogP contribution in [0.25, 0.3) is 0 Å². The first kappa shape index (κ1) is 16.5. The smallest absolute Gasteiger partial charge is 0.257 e. The van der Waals surface area contributed by atoms with Crippen molar-refractivity contribution >= 4 is 34.8 Å². The van der Waals surface area contributed by atoms with E-state index in [-0.39, 0.29) is 17.2 Å². The van der Waals surface area contributed by atoms with E-state index < -0.39 is 11.7 Å². The van der Waals surface area contributed by atoms with Crippen molar-refractivity contribution in [2.75, 3.05) is 16.8 Å². The van der Waals surface area contributed by atoms with Crippen molar-refractivity contribution < 1.29 is 14.0 Å². The predicted octanol–water partition coefficient (Wildman–Crippen LogP) is 4.17. The van der Waals surface area contributed by atoms with E-state index in [1.807, 2.05) is 0 Å². The van der Waals surface area contributed by atoms with E-state index in [2.05, 4.69) is 5.32 Å². The van der Waals surface area contributed by atoms with Crippen LogP contribution in [-0.2, 0) is 4.79 Å². The molecule has 0 radical (unpaired) electrons. The van der Waals surface area contributed by atoms with Gasteiger partial charge >= 0.3 is 0 Å². The molecule has 0 aliphatic carbocycles. The molecule has 0 atom stereocenters. The summed E-state index contributed by atoms with van der Waals surface area (Å²) in [5, 5.41) is 2.99. The number of hydrogen-bond donors (Lipinski definition) is 1. The zero-order chi connectivity index (χ0) is 17.3. The van der Waals surface area contributed by atoms with Gasteiger partial charge < -0.3 is 10.2 Å². The van der Waals surface area contributed by atoms with Gasteiger partial charge in [-0.3, -0.25) is 9.59 Å². The van der Waals surface area contributed by atoms with Gasteiger partial charge in [-0.1, -0.05) is 17.7 Å². The van der Waals surface area contributed by atoms with Crippen molar-refractivity contribution in [1.29, 1.82) is 0 Å². The van der Waals surface area contributed by atoms with Gasteiger partial charge in [0, 0.05) is 18.0 Å². The number of nitrogens with zero attached hydrogens (tertiary/aromatic N) is 1. The average molecular weight is 347 g/mol. The lowest BCUT2D eigenvalue weighted by Crippen LogP contribution is -2.27. The zero-order valence-corrected chi connectivity index (χ0v) is 13.9. The second-order valence-corrected chi connectivity index (χ2v) is 6.18. The molecule has 0 unspecified atom stereocenters. The topological polar surface area (TPSA) is 49.4 Å². The Morgan fingerprint density at radius 3 is 2.71 bits per heavy atom. The molecule has 0 aromatic heterocycles. The summed E-state index contributed by atoms with van der Waals surface area (Å²) in [5.74, 6) is -1.03. The van der Waals surface area contributed by atoms with Gasteiger partial charge in [0.1, 0.15) is 5.82 Å². The first-order valence-electron chi connectivity index (χ1n) is 7.63. The summed E-state index contributed by atoms with van der Waals surface area (Å²) in [6.07, 6.45) is 1.18. The Kier molecular flexibility index (Phi) is 4.53. The minimum atomic E-state index is -0.504. The van der Waals surface area contributed by atoms with E-state index in [4.69, 9.17) is 11.6 Å². The van der Waals surface area contributed by atoms with Crippen molar-refractivity contribution in [3.05, 3.63) is 58.4 Å². The highest BCUT2D eigenvalue weighted by molar-refractivity contribution is 6.31. The summed E-state index contributed by atoms with van der Waals surface area (Å²) in [6, 6.07) is 9.29. The standard InChI is InChI=1S/C18H16ClFN2O2/c1-11-4-7-15(14(20)9-11)21-18(24)13-6-5-12(19)10-16(13)22-8-2-3-17(22)23/h4-7,9-10H,2-3,8H2,1H3,(H,21,24). The number of rotatable bonds is 3. The van der Waals surface area contributed by atoms with Gasteiger partial charge in [-0.15, -0.1) is 0 Å². The molecule has 124 valence electrons. The summed E-state index contributed by atoms with van der Waals surface area (Å²) in [4.78, 5) is 26.1. The fourth-order valence-corrected chi connectivity index (χ4v) is 2.90. The molecule has 1 heterocycles. The van der Waals surface area contributed by atoms with Crippen LogP contribution in [0.2, 0.25) is 5.02 Å². The van der Waals surface area contributed by atoms with Crippen LogP contribution in [0, 0.1) is 12.7 Å². The molecular weight excluding hydrogens is 331 g/mol. The summed E-state index contributed by atoms with van der Waals surface area (Å²) in [5.41, 5.74) is 1.60. The second kappa shape index (κ2) is 6.61. The van der Waals surface area contributed by atoms with Crippen LogP contribution in [0.15, 0.2) is 36.4 Å². The number of hydrogen-bond acceptors (Lipinski definition) is 2. The highest BCUT2D eigenvalue weighted by Gasteiger charge is 2.26. The molecule has 1 saturated heterocycles. The summed E-state index contributed by atoms with van der Waals surface area (Å²) >= 11 is 6.02. The molecule has 4 nitrogen and oxygen atoms in total. The molecule has 1 N–H and O–H groups in total. The third-order valence-corrected chi connectivity index (χ3v) is 4.18. The van der Waals surface area contributed by atoms with Gasteiger partial charge in [0.25, 0.3) is 5.91 Å². The molecular formula is C18H16ClFN2O2. The van der Waals surface area contributed by atoms with Crippen LogP contribution in [0.4, 0.5) is 15.8 Å². The highest BCUT2D eigenvalue weighted by Crippen LogP contribution is 2.29. The van der Waals surface area contributed by atoms with Crippen molar-refractivity contribution in [3.8, 4) is 0 Å². The average Bonchev–Trinajstić information content (AvgIpc) is 2.96. The highest BCUT2D eigenvalue weighted by atomic mass is 35.5. The SMILES string of the molecule is Cc1ccc(NC(=O)c2ccc(Cl)cc2N2CCCC2=O)c(F)c1. The van der Waals surface area contributed by atoms with Gasteiger partial charge in [-0.25, -0.2) is 4.39 Å². The molecule has 2 amide bonds. The van der Waals surface area contributed by atoms with E-state index in [1.54, 1.807) is 36.1 Å². The Balaban J connectivity index is 1.93. The van der Waals surface area contributed by atoms with E-state index in [9.17, 15) is 14.0 Å². The number of amides is 2. The molecule has 1 aliphatic heterocycles. The third-order valence-electron chi connectivity index (χ3n) is 3.94. The fourth-order valence-electron chi connectivity index (χ4n) is 2.73. The molecule has 1 aliphatic rings. The maximum absolute atomic E-state index is 14.0. The van der Waals surface area contributed by atoms with Gasteiger partial charge in [-0.05, 0) is 49.2 Å². The fraction of sp³-hybridized carbons (Fsp3) is 0.222. The molecule has 1 fully saturated rings. The molecule has 3 rings (SSSR count). The normalized spacial score (nSPS) is 14.1. The Bertz CT molecular complexity index is 823. The Labute approximate surface area is 144 Å². The van der Waals surface area contributed by atoms with Crippen molar-refractivity contribution in [3.63, 3.8) is 0 Å². The molecule has 0 bridgehead atoms. The minimum absolute atomic E-state index is 0.0483. The van der Waals surface area contributed by atoms with E-state index >= 15 is 0 Å². The van der Waals surface area contributed by atoms with Crippen molar-refractivity contribution in [1.82, 2.24) is 0 Å². The van der Waals surface area contributed by atoms with Crippen LogP contribution in [0.1, 0.15) is 28.8 Å². The summed E-state index contributed by atoms with van der Waals surface area (Å²) < 4.78 is 14.0. The summed E-state index contributed by atoms with van der Waals surface area (Å²) in [6.45, 7) is 2.31. The first-order chi connectivity index (χ1) is 11.5. The van der Waals surface area contributed by atoms with Gasteiger partial charge in [0.05, 0.1) is 16.9 Å². The molecule has 0 saturated carbocycles. The quantitative estimate of drug-likeness (QED) is 0.907. The Morgan fingerprint density at radius 1 is 1.25 bits per heavy atom. The van der Waals surface area contributed by atoms with E-state index in [0.29, 0.717) is 23.7 Å². The number of carbonyl (C=O) groups excluding carboxylic acids is 2. The number of anilines is 2. The second-order valence-electron chi connectivity index (χ2n) is 5.75. The largest absolute Gasteiger partial charge is 0.319 e.